The minimum Gasteiger partial charge on any atom is -0.474 e. The van der Waals surface area contributed by atoms with Gasteiger partial charge in [0, 0.05) is 43.9 Å². The molecule has 1 saturated heterocycles. The molecule has 0 unspecified atom stereocenters. The number of nitrogens with one attached hydrogen (secondary N) is 1. The summed E-state index contributed by atoms with van der Waals surface area (Å²) in [5.41, 5.74) is 2.26. The van der Waals surface area contributed by atoms with Crippen LogP contribution in [0.15, 0.2) is 12.3 Å². The van der Waals surface area contributed by atoms with E-state index in [0.717, 1.165) is 24.2 Å². The standard InChI is InChI=1S/C16H21N5O2/c1-10-15(11(2)20-19-10)16(22)21-8-5-13(6-9-21)23-14-4-7-17-12(3)18-14/h4,7,13H,5-6,8-9H2,1-3H3,(H,19,20). The summed E-state index contributed by atoms with van der Waals surface area (Å²) in [5, 5.41) is 6.97. The Hall–Kier alpha value is -2.44. The van der Waals surface area contributed by atoms with Gasteiger partial charge >= 0.3 is 0 Å². The number of carbonyl (C=O) groups excluding carboxylic acids is 1. The molecule has 3 rings (SSSR count). The first kappa shape index (κ1) is 15.5. The van der Waals surface area contributed by atoms with Crippen LogP contribution >= 0.6 is 0 Å². The number of likely N-dealkylation sites (tertiary alicyclic amines) is 1. The van der Waals surface area contributed by atoms with Crippen molar-refractivity contribution in [2.45, 2.75) is 39.7 Å². The molecular formula is C16H21N5O2. The molecule has 1 N–H and O–H groups in total. The van der Waals surface area contributed by atoms with E-state index in [-0.39, 0.29) is 12.0 Å². The lowest BCUT2D eigenvalue weighted by Crippen LogP contribution is -2.42. The van der Waals surface area contributed by atoms with Gasteiger partial charge in [-0.05, 0) is 20.8 Å². The average molecular weight is 315 g/mol. The zero-order valence-corrected chi connectivity index (χ0v) is 13.7. The van der Waals surface area contributed by atoms with Gasteiger partial charge in [-0.25, -0.2) is 4.98 Å². The van der Waals surface area contributed by atoms with Crippen LogP contribution in [0.25, 0.3) is 0 Å². The monoisotopic (exact) mass is 315 g/mol. The number of aryl methyl sites for hydroxylation is 3. The van der Waals surface area contributed by atoms with E-state index in [0.29, 0.717) is 30.4 Å². The molecule has 0 radical (unpaired) electrons. The van der Waals surface area contributed by atoms with Crippen LogP contribution in [-0.2, 0) is 0 Å². The third kappa shape index (κ3) is 3.33. The number of hydrogen-bond donors (Lipinski definition) is 1. The van der Waals surface area contributed by atoms with Crippen molar-refractivity contribution in [2.24, 2.45) is 0 Å². The number of nitrogens with zero attached hydrogens (tertiary/aromatic N) is 4. The van der Waals surface area contributed by atoms with Crippen LogP contribution in [0.4, 0.5) is 0 Å². The van der Waals surface area contributed by atoms with Crippen molar-refractivity contribution < 1.29 is 9.53 Å². The molecule has 0 aliphatic carbocycles. The lowest BCUT2D eigenvalue weighted by Gasteiger charge is -2.32. The molecule has 0 spiro atoms. The van der Waals surface area contributed by atoms with Gasteiger partial charge in [-0.1, -0.05) is 0 Å². The Bertz CT molecular complexity index is 685. The van der Waals surface area contributed by atoms with Gasteiger partial charge in [-0.3, -0.25) is 9.89 Å². The van der Waals surface area contributed by atoms with Crippen LogP contribution in [0.5, 0.6) is 5.88 Å². The van der Waals surface area contributed by atoms with Crippen molar-refractivity contribution in [1.82, 2.24) is 25.1 Å². The average Bonchev–Trinajstić information content (AvgIpc) is 2.86. The van der Waals surface area contributed by atoms with Crippen molar-refractivity contribution in [3.63, 3.8) is 0 Å². The normalized spacial score (nSPS) is 15.7. The van der Waals surface area contributed by atoms with E-state index in [1.807, 2.05) is 25.7 Å². The molecule has 1 fully saturated rings. The van der Waals surface area contributed by atoms with Crippen LogP contribution in [-0.4, -0.2) is 50.2 Å². The summed E-state index contributed by atoms with van der Waals surface area (Å²) in [6.07, 6.45) is 3.37. The Morgan fingerprint density at radius 3 is 2.65 bits per heavy atom. The third-order valence-electron chi connectivity index (χ3n) is 4.11. The number of amides is 1. The Labute approximate surface area is 135 Å². The topological polar surface area (TPSA) is 84.0 Å². The largest absolute Gasteiger partial charge is 0.474 e. The molecule has 2 aromatic rings. The quantitative estimate of drug-likeness (QED) is 0.934. The number of piperidine rings is 1. The Balaban J connectivity index is 1.59. The van der Waals surface area contributed by atoms with Gasteiger partial charge in [0.1, 0.15) is 11.9 Å². The Morgan fingerprint density at radius 2 is 2.04 bits per heavy atom. The van der Waals surface area contributed by atoms with Gasteiger partial charge in [0.25, 0.3) is 5.91 Å². The minimum absolute atomic E-state index is 0.0464. The molecule has 7 nitrogen and oxygen atoms in total. The summed E-state index contributed by atoms with van der Waals surface area (Å²) >= 11 is 0. The van der Waals surface area contributed by atoms with Gasteiger partial charge < -0.3 is 9.64 Å². The second-order valence-corrected chi connectivity index (χ2v) is 5.86. The fourth-order valence-electron chi connectivity index (χ4n) is 2.87. The zero-order valence-electron chi connectivity index (χ0n) is 13.7. The lowest BCUT2D eigenvalue weighted by atomic mass is 10.1. The fourth-order valence-corrected chi connectivity index (χ4v) is 2.87. The van der Waals surface area contributed by atoms with E-state index >= 15 is 0 Å². The van der Waals surface area contributed by atoms with Crippen molar-refractivity contribution in [1.29, 1.82) is 0 Å². The highest BCUT2D eigenvalue weighted by Gasteiger charge is 2.27. The summed E-state index contributed by atoms with van der Waals surface area (Å²) in [5.74, 6) is 1.34. The van der Waals surface area contributed by atoms with Gasteiger partial charge in [-0.2, -0.15) is 10.1 Å². The first-order chi connectivity index (χ1) is 11.0. The SMILES string of the molecule is Cc1nccc(OC2CCN(C(=O)c3c(C)n[nH]c3C)CC2)n1. The first-order valence-electron chi connectivity index (χ1n) is 7.81. The Kier molecular flexibility index (Phi) is 4.27. The second-order valence-electron chi connectivity index (χ2n) is 5.86. The number of aromatic nitrogens is 4. The molecule has 2 aromatic heterocycles. The van der Waals surface area contributed by atoms with E-state index in [9.17, 15) is 4.79 Å². The van der Waals surface area contributed by atoms with Crippen molar-refractivity contribution in [3.05, 3.63) is 35.0 Å². The van der Waals surface area contributed by atoms with Gasteiger partial charge in [0.2, 0.25) is 5.88 Å². The van der Waals surface area contributed by atoms with Gasteiger partial charge in [-0.15, -0.1) is 0 Å². The van der Waals surface area contributed by atoms with Crippen molar-refractivity contribution in [3.8, 4) is 5.88 Å². The number of aromatic amines is 1. The highest BCUT2D eigenvalue weighted by Crippen LogP contribution is 2.20. The van der Waals surface area contributed by atoms with E-state index in [2.05, 4.69) is 20.2 Å². The first-order valence-corrected chi connectivity index (χ1v) is 7.81. The maximum absolute atomic E-state index is 12.6. The number of hydrogen-bond acceptors (Lipinski definition) is 5. The number of carbonyl (C=O) groups is 1. The predicted octanol–water partition coefficient (Wildman–Crippen LogP) is 1.81. The smallest absolute Gasteiger partial charge is 0.257 e. The molecule has 3 heterocycles. The van der Waals surface area contributed by atoms with E-state index in [4.69, 9.17) is 4.74 Å². The number of ether oxygens (including phenoxy) is 1. The summed E-state index contributed by atoms with van der Waals surface area (Å²) < 4.78 is 5.89. The highest BCUT2D eigenvalue weighted by molar-refractivity contribution is 5.96. The molecule has 0 atom stereocenters. The lowest BCUT2D eigenvalue weighted by molar-refractivity contribution is 0.0586. The maximum atomic E-state index is 12.6. The third-order valence-corrected chi connectivity index (χ3v) is 4.11. The van der Waals surface area contributed by atoms with Gasteiger partial charge in [0.05, 0.1) is 11.3 Å². The molecule has 1 amide bonds. The van der Waals surface area contributed by atoms with Crippen LogP contribution in [0, 0.1) is 20.8 Å². The van der Waals surface area contributed by atoms with Crippen LogP contribution in [0.2, 0.25) is 0 Å². The van der Waals surface area contributed by atoms with Crippen molar-refractivity contribution in [2.75, 3.05) is 13.1 Å². The minimum atomic E-state index is 0.0464. The predicted molar refractivity (Wildman–Crippen MR) is 84.4 cm³/mol. The molecule has 7 heteroatoms. The summed E-state index contributed by atoms with van der Waals surface area (Å²) in [6, 6.07) is 1.77. The summed E-state index contributed by atoms with van der Waals surface area (Å²) in [6.45, 7) is 6.92. The molecular weight excluding hydrogens is 294 g/mol. The summed E-state index contributed by atoms with van der Waals surface area (Å²) in [4.78, 5) is 22.8. The maximum Gasteiger partial charge on any atom is 0.257 e. The molecule has 23 heavy (non-hydrogen) atoms. The molecule has 0 aromatic carbocycles. The molecule has 1 aliphatic heterocycles. The Morgan fingerprint density at radius 1 is 1.30 bits per heavy atom. The fraction of sp³-hybridized carbons (Fsp3) is 0.500. The number of H-pyrrole nitrogens is 1. The summed E-state index contributed by atoms with van der Waals surface area (Å²) in [7, 11) is 0. The second kappa shape index (κ2) is 6.36. The van der Waals surface area contributed by atoms with E-state index in [1.54, 1.807) is 12.3 Å². The van der Waals surface area contributed by atoms with Crippen LogP contribution in [0.1, 0.15) is 40.4 Å². The van der Waals surface area contributed by atoms with E-state index in [1.165, 1.54) is 0 Å². The van der Waals surface area contributed by atoms with Crippen LogP contribution < -0.4 is 4.74 Å². The van der Waals surface area contributed by atoms with Crippen LogP contribution in [0.3, 0.4) is 0 Å². The van der Waals surface area contributed by atoms with Gasteiger partial charge in [0.15, 0.2) is 0 Å². The molecule has 1 aliphatic rings. The number of rotatable bonds is 3. The zero-order chi connectivity index (χ0) is 16.4. The highest BCUT2D eigenvalue weighted by atomic mass is 16.5. The molecule has 0 saturated carbocycles. The van der Waals surface area contributed by atoms with Crippen molar-refractivity contribution >= 4 is 5.91 Å². The molecule has 122 valence electrons. The van der Waals surface area contributed by atoms with E-state index < -0.39 is 0 Å². The molecule has 0 bridgehead atoms.